The average molecular weight is 249 g/mol. The first-order chi connectivity index (χ1) is 7.71. The van der Waals surface area contributed by atoms with Gasteiger partial charge in [0.15, 0.2) is 0 Å². The average Bonchev–Trinajstić information content (AvgIpc) is 2.18. The number of hydrogen-bond donors (Lipinski definition) is 3. The van der Waals surface area contributed by atoms with Gasteiger partial charge >= 0.3 is 12.1 Å². The molecule has 0 saturated heterocycles. The van der Waals surface area contributed by atoms with Crippen LogP contribution in [0.3, 0.4) is 0 Å². The number of carbonyl (C=O) groups is 1. The normalized spacial score (nSPS) is 13.4. The molecule has 0 radical (unpaired) electrons. The minimum absolute atomic E-state index is 0.259. The number of halogens is 3. The highest BCUT2D eigenvalue weighted by Gasteiger charge is 2.34. The van der Waals surface area contributed by atoms with Gasteiger partial charge in [0.25, 0.3) is 0 Å². The van der Waals surface area contributed by atoms with Crippen molar-refractivity contribution in [3.05, 3.63) is 29.3 Å². The van der Waals surface area contributed by atoms with Gasteiger partial charge < -0.3 is 15.9 Å². The number of aliphatic carboxylic acids is 1. The Bertz CT molecular complexity index is 431. The van der Waals surface area contributed by atoms with E-state index in [9.17, 15) is 18.0 Å². The highest BCUT2D eigenvalue weighted by molar-refractivity contribution is 5.73. The lowest BCUT2D eigenvalue weighted by atomic mass is 10.00. The number of nitrogens with two attached hydrogens (primary N) is 1. The van der Waals surface area contributed by atoms with Crippen molar-refractivity contribution in [1.82, 2.24) is 0 Å². The smallest absolute Gasteiger partial charge is 0.416 e. The first kappa shape index (κ1) is 13.3. The summed E-state index contributed by atoms with van der Waals surface area (Å²) in [4.78, 5) is 10.5. The lowest BCUT2D eigenvalue weighted by Gasteiger charge is -2.14. The number of alkyl halides is 3. The van der Waals surface area contributed by atoms with Crippen LogP contribution in [0.2, 0.25) is 0 Å². The summed E-state index contributed by atoms with van der Waals surface area (Å²) < 4.78 is 37.7. The predicted molar refractivity (Wildman–Crippen MR) is 52.4 cm³/mol. The molecule has 17 heavy (non-hydrogen) atoms. The summed E-state index contributed by atoms with van der Waals surface area (Å²) in [6.45, 7) is 0. The molecule has 0 amide bonds. The van der Waals surface area contributed by atoms with Crippen LogP contribution in [0.25, 0.3) is 0 Å². The lowest BCUT2D eigenvalue weighted by molar-refractivity contribution is -0.140. The van der Waals surface area contributed by atoms with E-state index in [0.717, 1.165) is 12.1 Å². The maximum absolute atomic E-state index is 12.6. The molecule has 0 unspecified atom stereocenters. The molecule has 0 spiro atoms. The van der Waals surface area contributed by atoms with Crippen molar-refractivity contribution in [2.45, 2.75) is 18.6 Å². The Morgan fingerprint density at radius 3 is 2.47 bits per heavy atom. The van der Waals surface area contributed by atoms with E-state index in [-0.39, 0.29) is 5.56 Å². The summed E-state index contributed by atoms with van der Waals surface area (Å²) in [6, 6.07) is 1.20. The van der Waals surface area contributed by atoms with Gasteiger partial charge in [-0.3, -0.25) is 4.79 Å². The fourth-order valence-corrected chi connectivity index (χ4v) is 1.33. The van der Waals surface area contributed by atoms with E-state index in [0.29, 0.717) is 6.07 Å². The molecule has 1 aromatic rings. The number of phenolic OH excluding ortho intramolecular Hbond substituents is 1. The van der Waals surface area contributed by atoms with Crippen LogP contribution in [-0.4, -0.2) is 22.2 Å². The van der Waals surface area contributed by atoms with Crippen molar-refractivity contribution in [3.8, 4) is 5.75 Å². The van der Waals surface area contributed by atoms with Crippen LogP contribution in [0.5, 0.6) is 5.75 Å². The zero-order valence-electron chi connectivity index (χ0n) is 8.53. The molecule has 94 valence electrons. The first-order valence-corrected chi connectivity index (χ1v) is 4.59. The van der Waals surface area contributed by atoms with Crippen LogP contribution in [0.4, 0.5) is 13.2 Å². The molecular formula is C10H10F3NO3. The molecule has 0 aliphatic carbocycles. The van der Waals surface area contributed by atoms with Crippen LogP contribution in [-0.2, 0) is 17.4 Å². The van der Waals surface area contributed by atoms with E-state index in [1.807, 2.05) is 0 Å². The minimum atomic E-state index is -4.66. The van der Waals surface area contributed by atoms with Gasteiger partial charge in [-0.2, -0.15) is 13.2 Å². The van der Waals surface area contributed by atoms with Gasteiger partial charge in [-0.1, -0.05) is 6.07 Å². The fourth-order valence-electron chi connectivity index (χ4n) is 1.33. The van der Waals surface area contributed by atoms with Gasteiger partial charge in [0.2, 0.25) is 0 Å². The Morgan fingerprint density at radius 2 is 2.00 bits per heavy atom. The van der Waals surface area contributed by atoms with E-state index >= 15 is 0 Å². The largest absolute Gasteiger partial charge is 0.508 e. The van der Waals surface area contributed by atoms with Crippen LogP contribution >= 0.6 is 0 Å². The molecule has 0 aliphatic heterocycles. The summed E-state index contributed by atoms with van der Waals surface area (Å²) in [6.07, 6.45) is -5.11. The van der Waals surface area contributed by atoms with Gasteiger partial charge in [-0.25, -0.2) is 0 Å². The SMILES string of the molecule is N[C@@H](Cc1ccc(O)cc1C(F)(F)F)C(=O)O. The number of benzene rings is 1. The number of carboxylic acids is 1. The second-order valence-electron chi connectivity index (χ2n) is 3.49. The topological polar surface area (TPSA) is 83.5 Å². The molecule has 0 bridgehead atoms. The van der Waals surface area contributed by atoms with Crippen molar-refractivity contribution in [3.63, 3.8) is 0 Å². The number of rotatable bonds is 3. The Kier molecular flexibility index (Phi) is 3.62. The maximum Gasteiger partial charge on any atom is 0.416 e. The molecule has 0 heterocycles. The third kappa shape index (κ3) is 3.35. The van der Waals surface area contributed by atoms with Gasteiger partial charge in [-0.05, 0) is 24.1 Å². The Labute approximate surface area is 94.5 Å². The van der Waals surface area contributed by atoms with Crippen molar-refractivity contribution >= 4 is 5.97 Å². The molecule has 1 aromatic carbocycles. The highest BCUT2D eigenvalue weighted by Crippen LogP contribution is 2.34. The molecule has 1 atom stereocenters. The fraction of sp³-hybridized carbons (Fsp3) is 0.300. The summed E-state index contributed by atoms with van der Waals surface area (Å²) in [5, 5.41) is 17.5. The summed E-state index contributed by atoms with van der Waals surface area (Å²) >= 11 is 0. The van der Waals surface area contributed by atoms with Gasteiger partial charge in [0.1, 0.15) is 11.8 Å². The zero-order valence-corrected chi connectivity index (χ0v) is 8.53. The molecule has 0 aromatic heterocycles. The first-order valence-electron chi connectivity index (χ1n) is 4.59. The van der Waals surface area contributed by atoms with E-state index in [2.05, 4.69) is 0 Å². The van der Waals surface area contributed by atoms with Crippen LogP contribution < -0.4 is 5.73 Å². The third-order valence-electron chi connectivity index (χ3n) is 2.16. The summed E-state index contributed by atoms with van der Waals surface area (Å²) in [7, 11) is 0. The Hall–Kier alpha value is -1.76. The van der Waals surface area contributed by atoms with E-state index in [1.54, 1.807) is 0 Å². The number of phenols is 1. The van der Waals surface area contributed by atoms with Crippen molar-refractivity contribution < 1.29 is 28.2 Å². The number of carboxylic acid groups (broad SMARTS) is 1. The summed E-state index contributed by atoms with van der Waals surface area (Å²) in [5.41, 5.74) is 3.84. The van der Waals surface area contributed by atoms with E-state index in [1.165, 1.54) is 0 Å². The minimum Gasteiger partial charge on any atom is -0.508 e. The molecule has 4 N–H and O–H groups in total. The Morgan fingerprint density at radius 1 is 1.41 bits per heavy atom. The molecule has 7 heteroatoms. The number of hydrogen-bond acceptors (Lipinski definition) is 3. The van der Waals surface area contributed by atoms with Crippen LogP contribution in [0, 0.1) is 0 Å². The molecule has 0 aliphatic rings. The zero-order chi connectivity index (χ0) is 13.2. The molecule has 1 rings (SSSR count). The Balaban J connectivity index is 3.11. The van der Waals surface area contributed by atoms with Gasteiger partial charge in [0, 0.05) is 0 Å². The molecule has 4 nitrogen and oxygen atoms in total. The predicted octanol–water partition coefficient (Wildman–Crippen LogP) is 1.37. The van der Waals surface area contributed by atoms with Crippen molar-refractivity contribution in [2.24, 2.45) is 5.73 Å². The second kappa shape index (κ2) is 4.62. The quantitative estimate of drug-likeness (QED) is 0.755. The third-order valence-corrected chi connectivity index (χ3v) is 2.16. The maximum atomic E-state index is 12.6. The monoisotopic (exact) mass is 249 g/mol. The number of aromatic hydroxyl groups is 1. The van der Waals surface area contributed by atoms with Crippen LogP contribution in [0.15, 0.2) is 18.2 Å². The molecule has 0 saturated carbocycles. The standard InChI is InChI=1S/C10H10F3NO3/c11-10(12,13)7-4-6(15)2-1-5(7)3-8(14)9(16)17/h1-2,4,8,15H,3,14H2,(H,16,17)/t8-/m0/s1. The van der Waals surface area contributed by atoms with Crippen molar-refractivity contribution in [2.75, 3.05) is 0 Å². The van der Waals surface area contributed by atoms with Crippen molar-refractivity contribution in [1.29, 1.82) is 0 Å². The molecule has 0 fully saturated rings. The van der Waals surface area contributed by atoms with Gasteiger partial charge in [0.05, 0.1) is 5.56 Å². The summed E-state index contributed by atoms with van der Waals surface area (Å²) in [5.74, 6) is -1.92. The second-order valence-corrected chi connectivity index (χ2v) is 3.49. The van der Waals surface area contributed by atoms with E-state index in [4.69, 9.17) is 15.9 Å². The highest BCUT2D eigenvalue weighted by atomic mass is 19.4. The lowest BCUT2D eigenvalue weighted by Crippen LogP contribution is -2.33. The molecular weight excluding hydrogens is 239 g/mol. The van der Waals surface area contributed by atoms with E-state index < -0.39 is 35.9 Å². The van der Waals surface area contributed by atoms with Crippen LogP contribution in [0.1, 0.15) is 11.1 Å². The van der Waals surface area contributed by atoms with Gasteiger partial charge in [-0.15, -0.1) is 0 Å².